The number of anilines is 1. The highest BCUT2D eigenvalue weighted by molar-refractivity contribution is 6.30. The Bertz CT molecular complexity index is 1120. The molecule has 0 bridgehead atoms. The molecule has 0 aliphatic rings. The molecule has 0 radical (unpaired) electrons. The minimum absolute atomic E-state index is 0.217. The number of hydrogen-bond acceptors (Lipinski definition) is 5. The largest absolute Gasteiger partial charge is 0.497 e. The summed E-state index contributed by atoms with van der Waals surface area (Å²) >= 11 is 5.87. The van der Waals surface area contributed by atoms with Crippen molar-refractivity contribution < 1.29 is 23.9 Å². The molecule has 35 heavy (non-hydrogen) atoms. The van der Waals surface area contributed by atoms with Crippen LogP contribution in [0.1, 0.15) is 5.56 Å². The third-order valence-electron chi connectivity index (χ3n) is 4.90. The highest BCUT2D eigenvalue weighted by Crippen LogP contribution is 2.16. The molecule has 0 atom stereocenters. The first-order valence-corrected chi connectivity index (χ1v) is 11.2. The molecule has 0 fully saturated rings. The van der Waals surface area contributed by atoms with Crippen molar-refractivity contribution in [3.8, 4) is 11.5 Å². The van der Waals surface area contributed by atoms with Gasteiger partial charge in [-0.25, -0.2) is 0 Å². The number of methoxy groups -OCH3 is 1. The van der Waals surface area contributed by atoms with E-state index in [1.165, 1.54) is 4.90 Å². The van der Waals surface area contributed by atoms with E-state index < -0.39 is 11.8 Å². The van der Waals surface area contributed by atoms with Crippen molar-refractivity contribution >= 4 is 35.0 Å². The Labute approximate surface area is 208 Å². The number of nitrogens with one attached hydrogen (secondary N) is 2. The number of ether oxygens (including phenoxy) is 2. The van der Waals surface area contributed by atoms with E-state index in [4.69, 9.17) is 21.1 Å². The molecular formula is C26H26ClN3O5. The highest BCUT2D eigenvalue weighted by Gasteiger charge is 2.19. The van der Waals surface area contributed by atoms with Crippen LogP contribution in [-0.2, 0) is 20.9 Å². The van der Waals surface area contributed by atoms with E-state index in [1.54, 1.807) is 55.6 Å². The third-order valence-corrected chi connectivity index (χ3v) is 5.15. The van der Waals surface area contributed by atoms with Crippen molar-refractivity contribution in [3.63, 3.8) is 0 Å². The van der Waals surface area contributed by atoms with Crippen molar-refractivity contribution in [2.45, 2.75) is 6.54 Å². The maximum atomic E-state index is 12.9. The molecule has 8 nitrogen and oxygen atoms in total. The molecule has 0 heterocycles. The average molecular weight is 496 g/mol. The summed E-state index contributed by atoms with van der Waals surface area (Å²) in [7, 11) is 1.55. The van der Waals surface area contributed by atoms with Gasteiger partial charge in [0.15, 0.2) is 6.61 Å². The van der Waals surface area contributed by atoms with Crippen molar-refractivity contribution in [2.75, 3.05) is 32.1 Å². The molecule has 0 aliphatic heterocycles. The number of nitrogens with zero attached hydrogens (tertiary/aromatic N) is 1. The first-order chi connectivity index (χ1) is 16.9. The molecule has 9 heteroatoms. The van der Waals surface area contributed by atoms with Crippen LogP contribution in [0, 0.1) is 0 Å². The fraction of sp³-hybridized carbons (Fsp3) is 0.192. The summed E-state index contributed by atoms with van der Waals surface area (Å²) in [5, 5.41) is 5.80. The van der Waals surface area contributed by atoms with Gasteiger partial charge < -0.3 is 25.0 Å². The van der Waals surface area contributed by atoms with Gasteiger partial charge in [0, 0.05) is 17.3 Å². The van der Waals surface area contributed by atoms with Crippen molar-refractivity contribution in [2.24, 2.45) is 0 Å². The molecule has 2 N–H and O–H groups in total. The molecule has 0 unspecified atom stereocenters. The lowest BCUT2D eigenvalue weighted by Crippen LogP contribution is -2.44. The third kappa shape index (κ3) is 8.68. The molecule has 182 valence electrons. The Morgan fingerprint density at radius 2 is 1.51 bits per heavy atom. The van der Waals surface area contributed by atoms with Crippen LogP contribution >= 0.6 is 11.6 Å². The summed E-state index contributed by atoms with van der Waals surface area (Å²) in [6.45, 7) is -0.498. The van der Waals surface area contributed by atoms with Gasteiger partial charge in [-0.15, -0.1) is 0 Å². The van der Waals surface area contributed by atoms with Crippen LogP contribution in [0.25, 0.3) is 0 Å². The number of carbonyl (C=O) groups is 3. The van der Waals surface area contributed by atoms with E-state index in [9.17, 15) is 14.4 Å². The van der Waals surface area contributed by atoms with Gasteiger partial charge in [0.1, 0.15) is 11.5 Å². The minimum atomic E-state index is -0.467. The average Bonchev–Trinajstić information content (AvgIpc) is 2.87. The monoisotopic (exact) mass is 495 g/mol. The molecule has 3 rings (SSSR count). The Morgan fingerprint density at radius 3 is 2.17 bits per heavy atom. The van der Waals surface area contributed by atoms with Gasteiger partial charge in [0.05, 0.1) is 20.2 Å². The van der Waals surface area contributed by atoms with Gasteiger partial charge in [0.25, 0.3) is 5.91 Å². The number of hydrogen-bond donors (Lipinski definition) is 2. The quantitative estimate of drug-likeness (QED) is 0.424. The Morgan fingerprint density at radius 1 is 0.857 bits per heavy atom. The molecule has 3 amide bonds. The Balaban J connectivity index is 1.54. The van der Waals surface area contributed by atoms with Crippen LogP contribution in [0.15, 0.2) is 78.9 Å². The van der Waals surface area contributed by atoms with Gasteiger partial charge in [-0.2, -0.15) is 0 Å². The van der Waals surface area contributed by atoms with Gasteiger partial charge >= 0.3 is 0 Å². The summed E-state index contributed by atoms with van der Waals surface area (Å²) in [6.07, 6.45) is 0. The minimum Gasteiger partial charge on any atom is -0.497 e. The van der Waals surface area contributed by atoms with Crippen LogP contribution in [0.5, 0.6) is 11.5 Å². The Hall–Kier alpha value is -4.04. The number of carbonyl (C=O) groups excluding carboxylic acids is 3. The normalized spacial score (nSPS) is 10.2. The number of rotatable bonds is 11. The lowest BCUT2D eigenvalue weighted by Gasteiger charge is -2.22. The first-order valence-electron chi connectivity index (χ1n) is 10.8. The molecule has 0 aliphatic carbocycles. The molecule has 0 saturated carbocycles. The summed E-state index contributed by atoms with van der Waals surface area (Å²) < 4.78 is 10.6. The number of amides is 3. The standard InChI is InChI=1S/C26H26ClN3O5/c1-34-22-13-9-21(10-14-22)29-24(31)15-28-25(32)17-30(16-19-5-3-2-4-6-19)26(33)18-35-23-11-7-20(27)8-12-23/h2-14H,15-18H2,1H3,(H,28,32)(H,29,31). The zero-order valence-corrected chi connectivity index (χ0v) is 20.0. The zero-order valence-electron chi connectivity index (χ0n) is 19.2. The van der Waals surface area contributed by atoms with E-state index in [2.05, 4.69) is 10.6 Å². The first kappa shape index (κ1) is 25.6. The van der Waals surface area contributed by atoms with E-state index in [-0.39, 0.29) is 32.1 Å². The maximum Gasteiger partial charge on any atom is 0.261 e. The van der Waals surface area contributed by atoms with Gasteiger partial charge in [0.2, 0.25) is 11.8 Å². The lowest BCUT2D eigenvalue weighted by atomic mass is 10.2. The predicted molar refractivity (Wildman–Crippen MR) is 133 cm³/mol. The lowest BCUT2D eigenvalue weighted by molar-refractivity contribution is -0.138. The van der Waals surface area contributed by atoms with E-state index in [0.717, 1.165) is 5.56 Å². The van der Waals surface area contributed by atoms with Gasteiger partial charge in [-0.05, 0) is 54.1 Å². The molecule has 0 saturated heterocycles. The molecule has 0 aromatic heterocycles. The smallest absolute Gasteiger partial charge is 0.261 e. The van der Waals surface area contributed by atoms with E-state index >= 15 is 0 Å². The molecule has 0 spiro atoms. The van der Waals surface area contributed by atoms with Crippen LogP contribution in [0.3, 0.4) is 0 Å². The summed E-state index contributed by atoms with van der Waals surface area (Å²) in [4.78, 5) is 39.0. The Kier molecular flexibility index (Phi) is 9.50. The summed E-state index contributed by atoms with van der Waals surface area (Å²) in [5.74, 6) is -0.0793. The topological polar surface area (TPSA) is 97.0 Å². The second-order valence-corrected chi connectivity index (χ2v) is 7.97. The van der Waals surface area contributed by atoms with Crippen molar-refractivity contribution in [1.82, 2.24) is 10.2 Å². The zero-order chi connectivity index (χ0) is 25.0. The van der Waals surface area contributed by atoms with E-state index in [1.807, 2.05) is 30.3 Å². The van der Waals surface area contributed by atoms with E-state index in [0.29, 0.717) is 22.2 Å². The number of halogens is 1. The summed E-state index contributed by atoms with van der Waals surface area (Å²) in [6, 6.07) is 22.8. The SMILES string of the molecule is COc1ccc(NC(=O)CNC(=O)CN(Cc2ccccc2)C(=O)COc2ccc(Cl)cc2)cc1. The molecular weight excluding hydrogens is 470 g/mol. The van der Waals surface area contributed by atoms with Crippen molar-refractivity contribution in [3.05, 3.63) is 89.4 Å². The fourth-order valence-electron chi connectivity index (χ4n) is 3.09. The van der Waals surface area contributed by atoms with Crippen LogP contribution in [-0.4, -0.2) is 49.4 Å². The van der Waals surface area contributed by atoms with Crippen LogP contribution in [0.4, 0.5) is 5.69 Å². The summed E-state index contributed by atoms with van der Waals surface area (Å²) in [5.41, 5.74) is 1.43. The highest BCUT2D eigenvalue weighted by atomic mass is 35.5. The fourth-order valence-corrected chi connectivity index (χ4v) is 3.22. The van der Waals surface area contributed by atoms with Gasteiger partial charge in [-0.1, -0.05) is 41.9 Å². The molecule has 3 aromatic rings. The predicted octanol–water partition coefficient (Wildman–Crippen LogP) is 3.51. The second kappa shape index (κ2) is 13.0. The van der Waals surface area contributed by atoms with Crippen molar-refractivity contribution in [1.29, 1.82) is 0 Å². The van der Waals surface area contributed by atoms with Gasteiger partial charge in [-0.3, -0.25) is 14.4 Å². The number of benzene rings is 3. The molecule has 3 aromatic carbocycles. The van der Waals surface area contributed by atoms with Crippen LogP contribution in [0.2, 0.25) is 5.02 Å². The van der Waals surface area contributed by atoms with Crippen LogP contribution < -0.4 is 20.1 Å². The second-order valence-electron chi connectivity index (χ2n) is 7.53. The maximum absolute atomic E-state index is 12.9.